The van der Waals surface area contributed by atoms with Crippen molar-refractivity contribution in [2.24, 2.45) is 0 Å². The maximum Gasteiger partial charge on any atom is 0.291 e. The lowest BCUT2D eigenvalue weighted by molar-refractivity contribution is 0.0952. The molecule has 5 nitrogen and oxygen atoms in total. The van der Waals surface area contributed by atoms with E-state index < -0.39 is 5.91 Å². The van der Waals surface area contributed by atoms with Gasteiger partial charge in [-0.05, 0) is 52.7 Å². The van der Waals surface area contributed by atoms with E-state index in [9.17, 15) is 9.59 Å². The SMILES string of the molecule is Cc1ccc(CNC(=O)c2ccccc2NC(=O)c2ccc(Br)o2)cc1. The van der Waals surface area contributed by atoms with Gasteiger partial charge in [-0.15, -0.1) is 0 Å². The summed E-state index contributed by atoms with van der Waals surface area (Å²) in [6.07, 6.45) is 0. The number of aryl methyl sites for hydroxylation is 1. The molecule has 2 amide bonds. The van der Waals surface area contributed by atoms with Crippen LogP contribution in [0.1, 0.15) is 32.0 Å². The third kappa shape index (κ3) is 4.40. The molecular formula is C20H17BrN2O3. The average Bonchev–Trinajstić information content (AvgIpc) is 3.08. The number of carbonyl (C=O) groups excluding carboxylic acids is 2. The second-order valence-corrected chi connectivity index (χ2v) is 6.55. The number of benzene rings is 2. The summed E-state index contributed by atoms with van der Waals surface area (Å²) in [7, 11) is 0. The molecule has 0 spiro atoms. The number of rotatable bonds is 5. The molecule has 0 bridgehead atoms. The van der Waals surface area contributed by atoms with Gasteiger partial charge in [0, 0.05) is 6.54 Å². The van der Waals surface area contributed by atoms with Gasteiger partial charge >= 0.3 is 0 Å². The summed E-state index contributed by atoms with van der Waals surface area (Å²) in [6, 6.07) is 18.0. The molecule has 0 unspecified atom stereocenters. The Balaban J connectivity index is 1.70. The molecule has 26 heavy (non-hydrogen) atoms. The third-order valence-corrected chi connectivity index (χ3v) is 4.22. The van der Waals surface area contributed by atoms with Crippen molar-refractivity contribution in [1.29, 1.82) is 0 Å². The van der Waals surface area contributed by atoms with Gasteiger partial charge in [0.1, 0.15) is 0 Å². The van der Waals surface area contributed by atoms with E-state index in [0.29, 0.717) is 22.5 Å². The molecule has 6 heteroatoms. The van der Waals surface area contributed by atoms with E-state index in [2.05, 4.69) is 26.6 Å². The maximum absolute atomic E-state index is 12.5. The predicted octanol–water partition coefficient (Wildman–Crippen LogP) is 4.53. The molecule has 0 radical (unpaired) electrons. The Hall–Kier alpha value is -2.86. The number of carbonyl (C=O) groups is 2. The number of para-hydroxylation sites is 1. The second-order valence-electron chi connectivity index (χ2n) is 5.77. The van der Waals surface area contributed by atoms with Crippen molar-refractivity contribution in [3.8, 4) is 0 Å². The molecular weight excluding hydrogens is 396 g/mol. The first kappa shape index (κ1) is 17.9. The zero-order chi connectivity index (χ0) is 18.5. The summed E-state index contributed by atoms with van der Waals surface area (Å²) in [5.41, 5.74) is 2.98. The van der Waals surface area contributed by atoms with Crippen molar-refractivity contribution in [3.63, 3.8) is 0 Å². The first-order chi connectivity index (χ1) is 12.5. The summed E-state index contributed by atoms with van der Waals surface area (Å²) >= 11 is 3.16. The second kappa shape index (κ2) is 8.01. The van der Waals surface area contributed by atoms with Gasteiger partial charge in [-0.25, -0.2) is 0 Å². The maximum atomic E-state index is 12.5. The molecule has 0 saturated carbocycles. The Morgan fingerprint density at radius 1 is 0.962 bits per heavy atom. The highest BCUT2D eigenvalue weighted by Crippen LogP contribution is 2.19. The molecule has 0 aliphatic rings. The van der Waals surface area contributed by atoms with Gasteiger partial charge in [0.2, 0.25) is 0 Å². The molecule has 0 atom stereocenters. The summed E-state index contributed by atoms with van der Waals surface area (Å²) in [5.74, 6) is -0.525. The minimum atomic E-state index is -0.422. The number of amides is 2. The van der Waals surface area contributed by atoms with E-state index in [1.165, 1.54) is 0 Å². The summed E-state index contributed by atoms with van der Waals surface area (Å²) in [6.45, 7) is 2.42. The van der Waals surface area contributed by atoms with Crippen molar-refractivity contribution < 1.29 is 14.0 Å². The van der Waals surface area contributed by atoms with Crippen LogP contribution in [0.4, 0.5) is 5.69 Å². The fourth-order valence-corrected chi connectivity index (χ4v) is 2.70. The van der Waals surface area contributed by atoms with Gasteiger partial charge < -0.3 is 15.1 Å². The Morgan fingerprint density at radius 2 is 1.69 bits per heavy atom. The first-order valence-electron chi connectivity index (χ1n) is 8.02. The van der Waals surface area contributed by atoms with Crippen LogP contribution in [0.2, 0.25) is 0 Å². The van der Waals surface area contributed by atoms with Gasteiger partial charge in [0.15, 0.2) is 10.4 Å². The van der Waals surface area contributed by atoms with Crippen molar-refractivity contribution in [2.45, 2.75) is 13.5 Å². The molecule has 2 N–H and O–H groups in total. The predicted molar refractivity (Wildman–Crippen MR) is 103 cm³/mol. The zero-order valence-electron chi connectivity index (χ0n) is 14.1. The highest BCUT2D eigenvalue weighted by atomic mass is 79.9. The first-order valence-corrected chi connectivity index (χ1v) is 8.81. The summed E-state index contributed by atoms with van der Waals surface area (Å²) in [5, 5.41) is 5.58. The van der Waals surface area contributed by atoms with Crippen LogP contribution in [0.5, 0.6) is 0 Å². The van der Waals surface area contributed by atoms with Gasteiger partial charge in [-0.3, -0.25) is 9.59 Å². The monoisotopic (exact) mass is 412 g/mol. The van der Waals surface area contributed by atoms with Crippen LogP contribution in [-0.4, -0.2) is 11.8 Å². The van der Waals surface area contributed by atoms with Crippen LogP contribution in [0.25, 0.3) is 0 Å². The van der Waals surface area contributed by atoms with Crippen LogP contribution >= 0.6 is 15.9 Å². The van der Waals surface area contributed by atoms with Gasteiger partial charge in [-0.1, -0.05) is 42.0 Å². The molecule has 3 aromatic rings. The Labute approximate surface area is 159 Å². The van der Waals surface area contributed by atoms with Crippen LogP contribution < -0.4 is 10.6 Å². The molecule has 3 rings (SSSR count). The Kier molecular flexibility index (Phi) is 5.53. The summed E-state index contributed by atoms with van der Waals surface area (Å²) < 4.78 is 5.70. The number of halogens is 1. The van der Waals surface area contributed by atoms with Gasteiger partial charge in [0.25, 0.3) is 11.8 Å². The molecule has 1 aromatic heterocycles. The topological polar surface area (TPSA) is 71.3 Å². The summed E-state index contributed by atoms with van der Waals surface area (Å²) in [4.78, 5) is 24.8. The Morgan fingerprint density at radius 3 is 2.38 bits per heavy atom. The fourth-order valence-electron chi connectivity index (χ4n) is 2.39. The van der Waals surface area contributed by atoms with E-state index in [0.717, 1.165) is 11.1 Å². The highest BCUT2D eigenvalue weighted by molar-refractivity contribution is 9.10. The molecule has 1 heterocycles. The van der Waals surface area contributed by atoms with Crippen LogP contribution in [0, 0.1) is 6.92 Å². The third-order valence-electron chi connectivity index (χ3n) is 3.79. The van der Waals surface area contributed by atoms with Crippen LogP contribution in [0.3, 0.4) is 0 Å². The Bertz CT molecular complexity index is 932. The molecule has 132 valence electrons. The lowest BCUT2D eigenvalue weighted by atomic mass is 10.1. The number of nitrogens with one attached hydrogen (secondary N) is 2. The van der Waals surface area contributed by atoms with Crippen LogP contribution in [-0.2, 0) is 6.54 Å². The standard InChI is InChI=1S/C20H17BrN2O3/c1-13-6-8-14(9-7-13)12-22-19(24)15-4-2-3-5-16(15)23-20(25)17-10-11-18(21)26-17/h2-11H,12H2,1H3,(H,22,24)(H,23,25). The minimum absolute atomic E-state index is 0.159. The van der Waals surface area contributed by atoms with E-state index >= 15 is 0 Å². The molecule has 2 aromatic carbocycles. The fraction of sp³-hybridized carbons (Fsp3) is 0.100. The molecule has 0 fully saturated rings. The lowest BCUT2D eigenvalue weighted by Gasteiger charge is -2.11. The van der Waals surface area contributed by atoms with Crippen molar-refractivity contribution in [3.05, 3.63) is 87.8 Å². The largest absolute Gasteiger partial charge is 0.444 e. The normalized spacial score (nSPS) is 10.4. The lowest BCUT2D eigenvalue weighted by Crippen LogP contribution is -2.24. The van der Waals surface area contributed by atoms with Gasteiger partial charge in [0.05, 0.1) is 11.3 Å². The average molecular weight is 413 g/mol. The smallest absolute Gasteiger partial charge is 0.291 e. The van der Waals surface area contributed by atoms with E-state index in [1.54, 1.807) is 36.4 Å². The molecule has 0 aliphatic carbocycles. The zero-order valence-corrected chi connectivity index (χ0v) is 15.7. The number of furan rings is 1. The van der Waals surface area contributed by atoms with Crippen molar-refractivity contribution >= 4 is 33.4 Å². The van der Waals surface area contributed by atoms with E-state index in [4.69, 9.17) is 4.42 Å². The van der Waals surface area contributed by atoms with E-state index in [1.807, 2.05) is 31.2 Å². The molecule has 0 aliphatic heterocycles. The van der Waals surface area contributed by atoms with Crippen molar-refractivity contribution in [1.82, 2.24) is 5.32 Å². The van der Waals surface area contributed by atoms with E-state index in [-0.39, 0.29) is 11.7 Å². The highest BCUT2D eigenvalue weighted by Gasteiger charge is 2.16. The van der Waals surface area contributed by atoms with Crippen molar-refractivity contribution in [2.75, 3.05) is 5.32 Å². The number of hydrogen-bond acceptors (Lipinski definition) is 3. The minimum Gasteiger partial charge on any atom is -0.444 e. The van der Waals surface area contributed by atoms with Crippen LogP contribution in [0.15, 0.2) is 69.8 Å². The van der Waals surface area contributed by atoms with Gasteiger partial charge in [-0.2, -0.15) is 0 Å². The number of hydrogen-bond donors (Lipinski definition) is 2. The molecule has 0 saturated heterocycles. The number of anilines is 1. The quantitative estimate of drug-likeness (QED) is 0.646.